The van der Waals surface area contributed by atoms with Crippen LogP contribution in [0.1, 0.15) is 11.1 Å². The van der Waals surface area contributed by atoms with Crippen molar-refractivity contribution in [2.45, 2.75) is 6.42 Å². The number of rotatable bonds is 5. The third kappa shape index (κ3) is 4.46. The van der Waals surface area contributed by atoms with E-state index in [2.05, 4.69) is 26.4 Å². The highest BCUT2D eigenvalue weighted by Crippen LogP contribution is 2.37. The zero-order chi connectivity index (χ0) is 26.1. The average Bonchev–Trinajstić information content (AvgIpc) is 3.41. The van der Waals surface area contributed by atoms with Crippen molar-refractivity contribution < 1.29 is 9.53 Å². The molecule has 10 nitrogen and oxygen atoms in total. The zero-order valence-electron chi connectivity index (χ0n) is 20.7. The lowest BCUT2D eigenvalue weighted by Crippen LogP contribution is -2.38. The van der Waals surface area contributed by atoms with E-state index in [1.807, 2.05) is 42.6 Å². The van der Waals surface area contributed by atoms with Crippen molar-refractivity contribution in [3.63, 3.8) is 0 Å². The summed E-state index contributed by atoms with van der Waals surface area (Å²) in [5, 5.41) is 0. The minimum Gasteiger partial charge on any atom is -0.378 e. The number of hydrogen-bond acceptors (Lipinski definition) is 9. The monoisotopic (exact) mass is 506 g/mol. The number of hydrogen-bond donors (Lipinski definition) is 1. The first-order chi connectivity index (χ1) is 18.6. The Bertz CT molecular complexity index is 1480. The number of aromatic nitrogens is 5. The number of amides is 1. The third-order valence-electron chi connectivity index (χ3n) is 6.79. The number of benzene rings is 1. The zero-order valence-corrected chi connectivity index (χ0v) is 20.7. The van der Waals surface area contributed by atoms with Crippen molar-refractivity contribution in [1.82, 2.24) is 24.9 Å². The van der Waals surface area contributed by atoms with Crippen LogP contribution in [0.15, 0.2) is 67.8 Å². The Morgan fingerprint density at radius 1 is 0.921 bits per heavy atom. The van der Waals surface area contributed by atoms with Gasteiger partial charge < -0.3 is 15.4 Å². The molecule has 3 aromatic heterocycles. The van der Waals surface area contributed by atoms with E-state index in [1.165, 1.54) is 0 Å². The normalized spacial score (nSPS) is 14.8. The van der Waals surface area contributed by atoms with Crippen LogP contribution in [0.5, 0.6) is 0 Å². The van der Waals surface area contributed by atoms with Crippen molar-refractivity contribution in [2.75, 3.05) is 48.4 Å². The molecule has 2 aliphatic rings. The molecule has 0 atom stereocenters. The van der Waals surface area contributed by atoms with Gasteiger partial charge in [-0.05, 0) is 29.2 Å². The van der Waals surface area contributed by atoms with Gasteiger partial charge in [-0.2, -0.15) is 4.98 Å². The molecule has 38 heavy (non-hydrogen) atoms. The maximum atomic E-state index is 13.7. The Morgan fingerprint density at radius 3 is 2.39 bits per heavy atom. The number of carbonyl (C=O) groups is 1. The average molecular weight is 507 g/mol. The van der Waals surface area contributed by atoms with Gasteiger partial charge in [-0.25, -0.2) is 15.0 Å². The molecule has 1 aromatic carbocycles. The van der Waals surface area contributed by atoms with Crippen molar-refractivity contribution in [3.8, 4) is 22.4 Å². The van der Waals surface area contributed by atoms with Gasteiger partial charge in [0.05, 0.1) is 18.9 Å². The summed E-state index contributed by atoms with van der Waals surface area (Å²) in [7, 11) is 0. The molecule has 0 spiro atoms. The quantitative estimate of drug-likeness (QED) is 0.407. The molecule has 2 aliphatic heterocycles. The molecule has 1 saturated heterocycles. The van der Waals surface area contributed by atoms with Gasteiger partial charge in [-0.1, -0.05) is 36.9 Å². The van der Waals surface area contributed by atoms with Crippen LogP contribution in [0.25, 0.3) is 28.0 Å². The van der Waals surface area contributed by atoms with E-state index in [9.17, 15) is 4.79 Å². The topological polar surface area (TPSA) is 123 Å². The number of nitrogen functional groups attached to an aromatic ring is 1. The summed E-state index contributed by atoms with van der Waals surface area (Å²) in [6.45, 7) is 7.14. The lowest BCUT2D eigenvalue weighted by molar-refractivity contribution is -0.113. The molecule has 0 aliphatic carbocycles. The summed E-state index contributed by atoms with van der Waals surface area (Å²) in [4.78, 5) is 39.7. The third-order valence-corrected chi connectivity index (χ3v) is 6.79. The van der Waals surface area contributed by atoms with Crippen LogP contribution in [0.2, 0.25) is 0 Å². The van der Waals surface area contributed by atoms with E-state index in [4.69, 9.17) is 20.4 Å². The van der Waals surface area contributed by atoms with E-state index >= 15 is 0 Å². The number of morpholine rings is 1. The minimum atomic E-state index is -0.191. The van der Waals surface area contributed by atoms with Crippen LogP contribution in [0.3, 0.4) is 0 Å². The van der Waals surface area contributed by atoms with Crippen molar-refractivity contribution in [3.05, 3.63) is 78.9 Å². The molecule has 2 N–H and O–H groups in total. The molecule has 6 rings (SSSR count). The van der Waals surface area contributed by atoms with Gasteiger partial charge >= 0.3 is 0 Å². The first kappa shape index (κ1) is 23.7. The Balaban J connectivity index is 1.33. The maximum Gasteiger partial charge on any atom is 0.259 e. The Labute approximate surface area is 219 Å². The smallest absolute Gasteiger partial charge is 0.259 e. The second kappa shape index (κ2) is 9.98. The van der Waals surface area contributed by atoms with Gasteiger partial charge in [0.25, 0.3) is 5.91 Å². The second-order valence-electron chi connectivity index (χ2n) is 9.11. The maximum absolute atomic E-state index is 13.7. The van der Waals surface area contributed by atoms with Crippen molar-refractivity contribution in [1.29, 1.82) is 0 Å². The predicted molar refractivity (Wildman–Crippen MR) is 145 cm³/mol. The standard InChI is InChI=1S/C28H26N8O2/c1-18(19-4-6-20(7-5-19)21-3-2-9-30-15-21)26(37)36-10-8-23-24(22-16-31-27(29)32-17-22)33-28(34-25(23)36)35-11-13-38-14-12-35/h2-7,9,15-17H,1,8,10-14H2,(H2,29,31,32). The lowest BCUT2D eigenvalue weighted by atomic mass is 10.0. The summed E-state index contributed by atoms with van der Waals surface area (Å²) in [5.41, 5.74) is 11.2. The van der Waals surface area contributed by atoms with Gasteiger partial charge in [-0.3, -0.25) is 14.7 Å². The SMILES string of the molecule is C=C(C(=O)N1CCc2c(-c3cnc(N)nc3)nc(N3CCOCC3)nc21)c1ccc(-c2cccnc2)cc1. The summed E-state index contributed by atoms with van der Waals surface area (Å²) in [6.07, 6.45) is 7.47. The summed E-state index contributed by atoms with van der Waals surface area (Å²) in [5.74, 6) is 1.14. The first-order valence-electron chi connectivity index (χ1n) is 12.4. The Morgan fingerprint density at radius 2 is 1.68 bits per heavy atom. The summed E-state index contributed by atoms with van der Waals surface area (Å²) < 4.78 is 5.51. The number of anilines is 3. The molecule has 10 heteroatoms. The van der Waals surface area contributed by atoms with Gasteiger partial charge in [0.2, 0.25) is 11.9 Å². The highest BCUT2D eigenvalue weighted by molar-refractivity contribution is 6.26. The highest BCUT2D eigenvalue weighted by Gasteiger charge is 2.33. The van der Waals surface area contributed by atoms with Crippen LogP contribution in [0, 0.1) is 0 Å². The van der Waals surface area contributed by atoms with E-state index < -0.39 is 0 Å². The second-order valence-corrected chi connectivity index (χ2v) is 9.11. The van der Waals surface area contributed by atoms with Gasteiger partial charge in [0.1, 0.15) is 5.82 Å². The minimum absolute atomic E-state index is 0.190. The van der Waals surface area contributed by atoms with Gasteiger partial charge in [0.15, 0.2) is 0 Å². The first-order valence-corrected chi connectivity index (χ1v) is 12.4. The fourth-order valence-corrected chi connectivity index (χ4v) is 4.73. The molecule has 0 bridgehead atoms. The molecule has 0 unspecified atom stereocenters. The van der Waals surface area contributed by atoms with E-state index in [0.29, 0.717) is 62.3 Å². The molecular weight excluding hydrogens is 480 g/mol. The molecule has 0 saturated carbocycles. The predicted octanol–water partition coefficient (Wildman–Crippen LogP) is 3.02. The molecule has 190 valence electrons. The van der Waals surface area contributed by atoms with E-state index in [0.717, 1.165) is 27.8 Å². The Hall–Kier alpha value is -4.70. The van der Waals surface area contributed by atoms with Crippen LogP contribution in [-0.4, -0.2) is 63.7 Å². The molecule has 1 fully saturated rings. The van der Waals surface area contributed by atoms with Crippen molar-refractivity contribution >= 4 is 29.2 Å². The number of nitrogens with zero attached hydrogens (tertiary/aromatic N) is 7. The van der Waals surface area contributed by atoms with Crippen LogP contribution in [-0.2, 0) is 16.0 Å². The summed E-state index contributed by atoms with van der Waals surface area (Å²) >= 11 is 0. The Kier molecular flexibility index (Phi) is 6.22. The largest absolute Gasteiger partial charge is 0.378 e. The van der Waals surface area contributed by atoms with Crippen LogP contribution < -0.4 is 15.5 Å². The molecule has 1 amide bonds. The summed E-state index contributed by atoms with van der Waals surface area (Å²) in [6, 6.07) is 11.7. The van der Waals surface area contributed by atoms with Crippen LogP contribution in [0.4, 0.5) is 17.7 Å². The van der Waals surface area contributed by atoms with E-state index in [-0.39, 0.29) is 11.9 Å². The molecule has 4 aromatic rings. The fraction of sp³-hybridized carbons (Fsp3) is 0.214. The number of ether oxygens (including phenoxy) is 1. The lowest BCUT2D eigenvalue weighted by Gasteiger charge is -2.28. The highest BCUT2D eigenvalue weighted by atomic mass is 16.5. The van der Waals surface area contributed by atoms with Gasteiger partial charge in [-0.15, -0.1) is 0 Å². The molecule has 5 heterocycles. The van der Waals surface area contributed by atoms with Gasteiger partial charge in [0, 0.05) is 61.1 Å². The fourth-order valence-electron chi connectivity index (χ4n) is 4.73. The number of pyridine rings is 1. The molecule has 0 radical (unpaired) electrons. The molecular formula is C28H26N8O2. The van der Waals surface area contributed by atoms with Crippen LogP contribution >= 0.6 is 0 Å². The van der Waals surface area contributed by atoms with E-state index in [1.54, 1.807) is 23.5 Å². The number of carbonyl (C=O) groups excluding carboxylic acids is 1. The van der Waals surface area contributed by atoms with Crippen molar-refractivity contribution in [2.24, 2.45) is 0 Å². The number of nitrogens with two attached hydrogens (primary N) is 1. The number of fused-ring (bicyclic) bond motifs is 1.